The van der Waals surface area contributed by atoms with Gasteiger partial charge in [-0.3, -0.25) is 0 Å². The molecule has 78 valence electrons. The molecule has 0 saturated carbocycles. The number of nitrogen functional groups attached to an aromatic ring is 3. The smallest absolute Gasteiger partial charge is 0.257 e. The van der Waals surface area contributed by atoms with Crippen molar-refractivity contribution in [1.82, 2.24) is 19.9 Å². The number of fused-ring (bicyclic) bond motifs is 1. The van der Waals surface area contributed by atoms with Crippen LogP contribution in [0.15, 0.2) is 0 Å². The van der Waals surface area contributed by atoms with Gasteiger partial charge in [0, 0.05) is 0 Å². The van der Waals surface area contributed by atoms with Gasteiger partial charge in [-0.15, -0.1) is 0 Å². The normalized spacial score (nSPS) is 10.5. The van der Waals surface area contributed by atoms with E-state index in [1.165, 1.54) is 7.11 Å². The van der Waals surface area contributed by atoms with Gasteiger partial charge in [-0.1, -0.05) is 0 Å². The molecule has 0 bridgehead atoms. The molecule has 2 heterocycles. The molecule has 0 atom stereocenters. The third-order valence-corrected chi connectivity index (χ3v) is 1.76. The van der Waals surface area contributed by atoms with Crippen LogP contribution in [0.1, 0.15) is 0 Å². The molecule has 0 radical (unpaired) electrons. The maximum atomic E-state index is 5.60. The van der Waals surface area contributed by atoms with Gasteiger partial charge < -0.3 is 21.9 Å². The number of hydrogen-bond donors (Lipinski definition) is 3. The first-order chi connectivity index (χ1) is 7.11. The molecule has 0 unspecified atom stereocenters. The van der Waals surface area contributed by atoms with Gasteiger partial charge in [0.05, 0.1) is 7.11 Å². The summed E-state index contributed by atoms with van der Waals surface area (Å²) in [7, 11) is 1.43. The summed E-state index contributed by atoms with van der Waals surface area (Å²) in [5, 5.41) is 0. The summed E-state index contributed by atoms with van der Waals surface area (Å²) in [6.45, 7) is 0. The van der Waals surface area contributed by atoms with Crippen molar-refractivity contribution in [2.45, 2.75) is 0 Å². The molecule has 8 heteroatoms. The van der Waals surface area contributed by atoms with E-state index in [9.17, 15) is 0 Å². The van der Waals surface area contributed by atoms with Crippen molar-refractivity contribution in [2.24, 2.45) is 0 Å². The van der Waals surface area contributed by atoms with Gasteiger partial charge in [0.15, 0.2) is 22.8 Å². The molecule has 0 spiro atoms. The predicted octanol–water partition coefficient (Wildman–Crippen LogP) is -0.825. The molecule has 0 saturated heterocycles. The van der Waals surface area contributed by atoms with Crippen LogP contribution in [0.5, 0.6) is 5.88 Å². The highest BCUT2D eigenvalue weighted by molar-refractivity contribution is 5.83. The van der Waals surface area contributed by atoms with Crippen molar-refractivity contribution >= 4 is 28.7 Å². The largest absolute Gasteiger partial charge is 0.478 e. The number of anilines is 3. The average molecular weight is 207 g/mol. The molecule has 0 aliphatic heterocycles. The minimum atomic E-state index is 0.0267. The Labute approximate surface area is 84.5 Å². The van der Waals surface area contributed by atoms with Gasteiger partial charge in [0.25, 0.3) is 5.88 Å². The minimum absolute atomic E-state index is 0.0267. The van der Waals surface area contributed by atoms with Crippen LogP contribution in [0.4, 0.5) is 17.6 Å². The summed E-state index contributed by atoms with van der Waals surface area (Å²) >= 11 is 0. The van der Waals surface area contributed by atoms with Gasteiger partial charge >= 0.3 is 0 Å². The number of methoxy groups -OCH3 is 1. The highest BCUT2D eigenvalue weighted by Gasteiger charge is 2.11. The third-order valence-electron chi connectivity index (χ3n) is 1.76. The van der Waals surface area contributed by atoms with E-state index in [2.05, 4.69) is 19.9 Å². The molecule has 2 rings (SSSR count). The highest BCUT2D eigenvalue weighted by atomic mass is 16.5. The SMILES string of the molecule is COc1nc2c(N)nc(N)nc2nc1N. The van der Waals surface area contributed by atoms with E-state index in [0.29, 0.717) is 5.52 Å². The fourth-order valence-corrected chi connectivity index (χ4v) is 1.13. The van der Waals surface area contributed by atoms with Crippen LogP contribution in [0.3, 0.4) is 0 Å². The van der Waals surface area contributed by atoms with Crippen molar-refractivity contribution in [2.75, 3.05) is 24.3 Å². The van der Waals surface area contributed by atoms with Crippen molar-refractivity contribution in [3.05, 3.63) is 0 Å². The molecule has 0 aromatic carbocycles. The summed E-state index contributed by atoms with van der Waals surface area (Å²) in [6.07, 6.45) is 0. The van der Waals surface area contributed by atoms with E-state index < -0.39 is 0 Å². The summed E-state index contributed by atoms with van der Waals surface area (Å²) < 4.78 is 4.90. The van der Waals surface area contributed by atoms with Gasteiger partial charge in [-0.2, -0.15) is 9.97 Å². The number of hydrogen-bond acceptors (Lipinski definition) is 8. The van der Waals surface area contributed by atoms with Crippen molar-refractivity contribution in [3.8, 4) is 5.88 Å². The van der Waals surface area contributed by atoms with E-state index in [-0.39, 0.29) is 29.1 Å². The van der Waals surface area contributed by atoms with Crippen LogP contribution >= 0.6 is 0 Å². The lowest BCUT2D eigenvalue weighted by atomic mass is 10.4. The summed E-state index contributed by atoms with van der Waals surface area (Å²) in [6, 6.07) is 0. The number of aromatic nitrogens is 4. The number of rotatable bonds is 1. The monoisotopic (exact) mass is 207 g/mol. The van der Waals surface area contributed by atoms with Crippen LogP contribution < -0.4 is 21.9 Å². The van der Waals surface area contributed by atoms with E-state index in [1.54, 1.807) is 0 Å². The molecule has 0 fully saturated rings. The van der Waals surface area contributed by atoms with Crippen molar-refractivity contribution in [1.29, 1.82) is 0 Å². The standard InChI is InChI=1S/C7H9N7O/c1-15-6-4(9)12-5-2(11-6)3(8)13-7(10)14-5/h1H3,(H6,8,9,10,12,13,14). The quantitative estimate of drug-likeness (QED) is 0.550. The molecule has 0 amide bonds. The Morgan fingerprint density at radius 1 is 0.933 bits per heavy atom. The first kappa shape index (κ1) is 9.19. The van der Waals surface area contributed by atoms with Crippen LogP contribution in [0.25, 0.3) is 11.2 Å². The van der Waals surface area contributed by atoms with Crippen LogP contribution in [-0.2, 0) is 0 Å². The molecular formula is C7H9N7O. The molecule has 0 aliphatic carbocycles. The fourth-order valence-electron chi connectivity index (χ4n) is 1.13. The summed E-state index contributed by atoms with van der Waals surface area (Å²) in [5.74, 6) is 0.479. The van der Waals surface area contributed by atoms with E-state index in [4.69, 9.17) is 21.9 Å². The number of nitrogens with zero attached hydrogens (tertiary/aromatic N) is 4. The highest BCUT2D eigenvalue weighted by Crippen LogP contribution is 2.22. The first-order valence-electron chi connectivity index (χ1n) is 4.02. The Bertz CT molecular complexity index is 526. The Morgan fingerprint density at radius 2 is 1.67 bits per heavy atom. The number of ether oxygens (including phenoxy) is 1. The first-order valence-corrected chi connectivity index (χ1v) is 4.02. The van der Waals surface area contributed by atoms with Crippen LogP contribution in [-0.4, -0.2) is 27.0 Å². The Hall–Kier alpha value is -2.38. The Morgan fingerprint density at radius 3 is 2.33 bits per heavy atom. The van der Waals surface area contributed by atoms with Gasteiger partial charge in [0.1, 0.15) is 0 Å². The minimum Gasteiger partial charge on any atom is -0.478 e. The lowest BCUT2D eigenvalue weighted by molar-refractivity contribution is 0.400. The maximum absolute atomic E-state index is 5.60. The van der Waals surface area contributed by atoms with E-state index in [0.717, 1.165) is 0 Å². The molecular weight excluding hydrogens is 198 g/mol. The van der Waals surface area contributed by atoms with Crippen molar-refractivity contribution in [3.63, 3.8) is 0 Å². The predicted molar refractivity (Wildman–Crippen MR) is 54.9 cm³/mol. The fraction of sp³-hybridized carbons (Fsp3) is 0.143. The van der Waals surface area contributed by atoms with Crippen molar-refractivity contribution < 1.29 is 4.74 Å². The zero-order chi connectivity index (χ0) is 11.0. The Balaban J connectivity index is 2.81. The summed E-state index contributed by atoms with van der Waals surface area (Å²) in [4.78, 5) is 15.6. The van der Waals surface area contributed by atoms with Crippen LogP contribution in [0, 0.1) is 0 Å². The summed E-state index contributed by atoms with van der Waals surface area (Å²) in [5.41, 5.74) is 17.1. The second kappa shape index (κ2) is 3.08. The van der Waals surface area contributed by atoms with E-state index in [1.807, 2.05) is 0 Å². The topological polar surface area (TPSA) is 139 Å². The van der Waals surface area contributed by atoms with Gasteiger partial charge in [-0.05, 0) is 0 Å². The second-order valence-electron chi connectivity index (χ2n) is 2.76. The maximum Gasteiger partial charge on any atom is 0.257 e. The molecule has 2 aromatic heterocycles. The molecule has 6 N–H and O–H groups in total. The molecule has 0 aliphatic rings. The van der Waals surface area contributed by atoms with Crippen LogP contribution in [0.2, 0.25) is 0 Å². The van der Waals surface area contributed by atoms with Gasteiger partial charge in [-0.25, -0.2) is 9.97 Å². The molecule has 8 nitrogen and oxygen atoms in total. The molecule has 15 heavy (non-hydrogen) atoms. The lowest BCUT2D eigenvalue weighted by Gasteiger charge is -2.05. The lowest BCUT2D eigenvalue weighted by Crippen LogP contribution is -2.06. The third kappa shape index (κ3) is 1.41. The number of nitrogens with two attached hydrogens (primary N) is 3. The Kier molecular flexibility index (Phi) is 1.89. The van der Waals surface area contributed by atoms with E-state index >= 15 is 0 Å². The average Bonchev–Trinajstić information content (AvgIpc) is 2.16. The zero-order valence-corrected chi connectivity index (χ0v) is 7.93. The van der Waals surface area contributed by atoms with Gasteiger partial charge in [0.2, 0.25) is 5.95 Å². The molecule has 2 aromatic rings. The zero-order valence-electron chi connectivity index (χ0n) is 7.93. The second-order valence-corrected chi connectivity index (χ2v) is 2.76.